The molecule has 0 spiro atoms. The van der Waals surface area contributed by atoms with Crippen molar-refractivity contribution in [2.45, 2.75) is 5.16 Å². The van der Waals surface area contributed by atoms with E-state index in [4.69, 9.17) is 9.47 Å². The summed E-state index contributed by atoms with van der Waals surface area (Å²) in [4.78, 5) is 24.9. The van der Waals surface area contributed by atoms with E-state index < -0.39 is 0 Å². The summed E-state index contributed by atoms with van der Waals surface area (Å²) < 4.78 is 13.8. The summed E-state index contributed by atoms with van der Waals surface area (Å²) in [6.07, 6.45) is 0. The minimum Gasteiger partial charge on any atom is -0.454 e. The first-order valence-corrected chi connectivity index (χ1v) is 9.75. The summed E-state index contributed by atoms with van der Waals surface area (Å²) in [5, 5.41) is 12.2. The molecule has 0 saturated heterocycles. The summed E-state index contributed by atoms with van der Waals surface area (Å²) in [7, 11) is 1.65. The average molecular weight is 409 g/mol. The Labute approximate surface area is 168 Å². The predicted molar refractivity (Wildman–Crippen MR) is 108 cm³/mol. The van der Waals surface area contributed by atoms with E-state index in [1.165, 1.54) is 16.3 Å². The molecule has 1 aliphatic rings. The Hall–Kier alpha value is -3.53. The standard InChI is InChI=1S/C19H15N5O4S/c1-23-17(26)12-4-2-3-5-13(12)24-18(23)21-22-19(24)29-9-16(25)20-11-6-7-14-15(8-11)28-10-27-14/h2-8H,9-10H2,1H3,(H,20,25). The van der Waals surface area contributed by atoms with Gasteiger partial charge in [0.25, 0.3) is 5.56 Å². The number of hydrogen-bond acceptors (Lipinski definition) is 7. The Morgan fingerprint density at radius 1 is 1.17 bits per heavy atom. The number of benzene rings is 2. The van der Waals surface area contributed by atoms with Crippen LogP contribution in [-0.2, 0) is 11.8 Å². The molecule has 2 aromatic carbocycles. The van der Waals surface area contributed by atoms with E-state index in [0.29, 0.717) is 39.0 Å². The topological polar surface area (TPSA) is 99.8 Å². The van der Waals surface area contributed by atoms with Gasteiger partial charge in [-0.1, -0.05) is 23.9 Å². The van der Waals surface area contributed by atoms with E-state index in [-0.39, 0.29) is 24.0 Å². The van der Waals surface area contributed by atoms with E-state index in [0.717, 1.165) is 0 Å². The zero-order chi connectivity index (χ0) is 20.0. The number of carbonyl (C=O) groups is 1. The minimum atomic E-state index is -0.195. The normalized spacial score (nSPS) is 12.6. The Kier molecular flexibility index (Phi) is 4.13. The van der Waals surface area contributed by atoms with Gasteiger partial charge < -0.3 is 14.8 Å². The molecular formula is C19H15N5O4S. The summed E-state index contributed by atoms with van der Waals surface area (Å²) >= 11 is 1.24. The molecule has 1 N–H and O–H groups in total. The van der Waals surface area contributed by atoms with Gasteiger partial charge in [-0.25, -0.2) is 0 Å². The fraction of sp³-hybridized carbons (Fsp3) is 0.158. The number of nitrogens with one attached hydrogen (secondary N) is 1. The molecule has 0 bridgehead atoms. The molecular weight excluding hydrogens is 394 g/mol. The lowest BCUT2D eigenvalue weighted by Crippen LogP contribution is -2.20. The van der Waals surface area contributed by atoms with Crippen molar-refractivity contribution in [1.29, 1.82) is 0 Å². The van der Waals surface area contributed by atoms with Crippen molar-refractivity contribution in [3.8, 4) is 11.5 Å². The lowest BCUT2D eigenvalue weighted by Gasteiger charge is -2.08. The lowest BCUT2D eigenvalue weighted by atomic mass is 10.2. The van der Waals surface area contributed by atoms with Crippen LogP contribution >= 0.6 is 11.8 Å². The van der Waals surface area contributed by atoms with Crippen molar-refractivity contribution in [1.82, 2.24) is 19.2 Å². The maximum atomic E-state index is 12.5. The van der Waals surface area contributed by atoms with Crippen LogP contribution in [0.25, 0.3) is 16.7 Å². The van der Waals surface area contributed by atoms with Crippen molar-refractivity contribution < 1.29 is 14.3 Å². The second-order valence-electron chi connectivity index (χ2n) is 6.40. The molecule has 5 rings (SSSR count). The highest BCUT2D eigenvalue weighted by molar-refractivity contribution is 7.99. The van der Waals surface area contributed by atoms with Crippen LogP contribution in [0.1, 0.15) is 0 Å². The SMILES string of the molecule is Cn1c(=O)c2ccccc2n2c(SCC(=O)Nc3ccc4c(c3)OCO4)nnc12. The Morgan fingerprint density at radius 3 is 2.90 bits per heavy atom. The first kappa shape index (κ1) is 17.6. The molecule has 0 atom stereocenters. The molecule has 9 nitrogen and oxygen atoms in total. The van der Waals surface area contributed by atoms with Crippen LogP contribution in [0.2, 0.25) is 0 Å². The molecule has 29 heavy (non-hydrogen) atoms. The maximum absolute atomic E-state index is 12.5. The van der Waals surface area contributed by atoms with Gasteiger partial charge in [-0.05, 0) is 24.3 Å². The van der Waals surface area contributed by atoms with Crippen molar-refractivity contribution >= 4 is 40.0 Å². The van der Waals surface area contributed by atoms with Gasteiger partial charge in [0.15, 0.2) is 16.7 Å². The molecule has 0 fully saturated rings. The fourth-order valence-corrected chi connectivity index (χ4v) is 3.95. The van der Waals surface area contributed by atoms with Crippen LogP contribution in [0.3, 0.4) is 0 Å². The molecule has 4 aromatic rings. The summed E-state index contributed by atoms with van der Waals surface area (Å²) in [6.45, 7) is 0.180. The van der Waals surface area contributed by atoms with E-state index in [1.54, 1.807) is 35.7 Å². The Balaban J connectivity index is 1.40. The second kappa shape index (κ2) is 6.82. The van der Waals surface area contributed by atoms with Crippen LogP contribution in [-0.4, -0.2) is 37.6 Å². The zero-order valence-corrected chi connectivity index (χ0v) is 16.1. The molecule has 10 heteroatoms. The third-order valence-electron chi connectivity index (χ3n) is 4.58. The van der Waals surface area contributed by atoms with Gasteiger partial charge in [-0.15, -0.1) is 10.2 Å². The van der Waals surface area contributed by atoms with Crippen LogP contribution in [0.15, 0.2) is 52.4 Å². The van der Waals surface area contributed by atoms with Gasteiger partial charge in [0.1, 0.15) is 0 Å². The number of rotatable bonds is 4. The number of hydrogen-bond donors (Lipinski definition) is 1. The van der Waals surface area contributed by atoms with Crippen molar-refractivity contribution in [3.63, 3.8) is 0 Å². The molecule has 3 heterocycles. The maximum Gasteiger partial charge on any atom is 0.262 e. The molecule has 1 aliphatic heterocycles. The number of carbonyl (C=O) groups excluding carboxylic acids is 1. The highest BCUT2D eigenvalue weighted by Crippen LogP contribution is 2.34. The quantitative estimate of drug-likeness (QED) is 0.515. The van der Waals surface area contributed by atoms with Gasteiger partial charge in [-0.2, -0.15) is 0 Å². The van der Waals surface area contributed by atoms with Crippen LogP contribution in [0.4, 0.5) is 5.69 Å². The highest BCUT2D eigenvalue weighted by atomic mass is 32.2. The van der Waals surface area contributed by atoms with E-state index >= 15 is 0 Å². The van der Waals surface area contributed by atoms with Crippen molar-refractivity contribution in [2.24, 2.45) is 7.05 Å². The third kappa shape index (κ3) is 2.97. The third-order valence-corrected chi connectivity index (χ3v) is 5.51. The summed E-state index contributed by atoms with van der Waals surface area (Å²) in [5.74, 6) is 1.62. The number of aryl methyl sites for hydroxylation is 1. The fourth-order valence-electron chi connectivity index (χ4n) is 3.21. The van der Waals surface area contributed by atoms with E-state index in [2.05, 4.69) is 15.5 Å². The van der Waals surface area contributed by atoms with Crippen LogP contribution in [0, 0.1) is 0 Å². The molecule has 0 aliphatic carbocycles. The van der Waals surface area contributed by atoms with Crippen LogP contribution in [0.5, 0.6) is 11.5 Å². The van der Waals surface area contributed by atoms with Gasteiger partial charge in [-0.3, -0.25) is 18.6 Å². The van der Waals surface area contributed by atoms with Gasteiger partial charge in [0.2, 0.25) is 18.5 Å². The lowest BCUT2D eigenvalue weighted by molar-refractivity contribution is -0.113. The molecule has 146 valence electrons. The monoisotopic (exact) mass is 409 g/mol. The first-order chi connectivity index (χ1) is 14.1. The smallest absolute Gasteiger partial charge is 0.262 e. The molecule has 0 saturated carbocycles. The number of para-hydroxylation sites is 1. The average Bonchev–Trinajstić information content (AvgIpc) is 3.37. The van der Waals surface area contributed by atoms with Crippen molar-refractivity contribution in [2.75, 3.05) is 17.9 Å². The first-order valence-electron chi connectivity index (χ1n) is 8.77. The van der Waals surface area contributed by atoms with Gasteiger partial charge in [0.05, 0.1) is 16.7 Å². The number of aromatic nitrogens is 4. The Bertz CT molecular complexity index is 1330. The molecule has 1 amide bonds. The minimum absolute atomic E-state index is 0.131. The second-order valence-corrected chi connectivity index (χ2v) is 7.35. The van der Waals surface area contributed by atoms with Crippen molar-refractivity contribution in [3.05, 3.63) is 52.8 Å². The molecule has 0 unspecified atom stereocenters. The number of nitrogens with zero attached hydrogens (tertiary/aromatic N) is 4. The number of thioether (sulfide) groups is 1. The van der Waals surface area contributed by atoms with E-state index in [1.807, 2.05) is 18.2 Å². The van der Waals surface area contributed by atoms with Gasteiger partial charge >= 0.3 is 0 Å². The molecule has 0 radical (unpaired) electrons. The number of fused-ring (bicyclic) bond motifs is 4. The zero-order valence-electron chi connectivity index (χ0n) is 15.3. The predicted octanol–water partition coefficient (Wildman–Crippen LogP) is 2.04. The number of ether oxygens (including phenoxy) is 2. The molecule has 2 aromatic heterocycles. The highest BCUT2D eigenvalue weighted by Gasteiger charge is 2.17. The summed E-state index contributed by atoms with van der Waals surface area (Å²) in [6, 6.07) is 12.5. The Morgan fingerprint density at radius 2 is 2.00 bits per heavy atom. The largest absolute Gasteiger partial charge is 0.454 e. The van der Waals surface area contributed by atoms with Gasteiger partial charge in [0, 0.05) is 18.8 Å². The van der Waals surface area contributed by atoms with E-state index in [9.17, 15) is 9.59 Å². The summed E-state index contributed by atoms with van der Waals surface area (Å²) in [5.41, 5.74) is 1.19. The number of amides is 1. The van der Waals surface area contributed by atoms with Crippen LogP contribution < -0.4 is 20.3 Å². The number of anilines is 1.